The molecule has 0 nitrogen and oxygen atoms in total. The van der Waals surface area contributed by atoms with E-state index in [9.17, 15) is 0 Å². The van der Waals surface area contributed by atoms with Gasteiger partial charge in [0.15, 0.2) is 0 Å². The van der Waals surface area contributed by atoms with E-state index in [0.717, 1.165) is 0 Å². The zero-order chi connectivity index (χ0) is 0. The van der Waals surface area contributed by atoms with Crippen molar-refractivity contribution in [2.24, 2.45) is 0 Å². The molecular formula is I3Pd-3. The van der Waals surface area contributed by atoms with Crippen LogP contribution in [0.25, 0.3) is 0 Å². The molecule has 0 amide bonds. The molecule has 0 aliphatic rings. The summed E-state index contributed by atoms with van der Waals surface area (Å²) in [6, 6.07) is 0. The van der Waals surface area contributed by atoms with Gasteiger partial charge < -0.3 is 71.9 Å². The van der Waals surface area contributed by atoms with Crippen LogP contribution in [0, 0.1) is 0 Å². The monoisotopic (exact) mass is 487 g/mol. The van der Waals surface area contributed by atoms with Crippen molar-refractivity contribution in [2.45, 2.75) is 0 Å². The van der Waals surface area contributed by atoms with E-state index in [0.29, 0.717) is 0 Å². The van der Waals surface area contributed by atoms with Crippen LogP contribution in [0.15, 0.2) is 0 Å². The Labute approximate surface area is 90.6 Å². The van der Waals surface area contributed by atoms with Gasteiger partial charge in [-0.05, 0) is 0 Å². The summed E-state index contributed by atoms with van der Waals surface area (Å²) in [5.74, 6) is 0. The number of hydrogen-bond acceptors (Lipinski definition) is 0. The SMILES string of the molecule is [I-].[I-].[I-].[Pd]. The Morgan fingerprint density at radius 3 is 0.500 bits per heavy atom. The summed E-state index contributed by atoms with van der Waals surface area (Å²) in [6.07, 6.45) is 0. The molecule has 34 valence electrons. The number of hydrogen-bond donors (Lipinski definition) is 0. The molecule has 0 rings (SSSR count). The first-order valence-electron chi connectivity index (χ1n) is 0. The van der Waals surface area contributed by atoms with Gasteiger partial charge in [-0.1, -0.05) is 0 Å². The first-order valence-corrected chi connectivity index (χ1v) is 0. The largest absolute Gasteiger partial charge is 1.00 e. The van der Waals surface area contributed by atoms with Gasteiger partial charge in [-0.2, -0.15) is 0 Å². The summed E-state index contributed by atoms with van der Waals surface area (Å²) >= 11 is 0. The topological polar surface area (TPSA) is 0 Å². The molecule has 0 saturated carbocycles. The van der Waals surface area contributed by atoms with Crippen molar-refractivity contribution in [1.29, 1.82) is 0 Å². The second-order valence-electron chi connectivity index (χ2n) is 0. The third kappa shape index (κ3) is 8.85. The van der Waals surface area contributed by atoms with E-state index >= 15 is 0 Å². The summed E-state index contributed by atoms with van der Waals surface area (Å²) in [4.78, 5) is 0. The van der Waals surface area contributed by atoms with Crippen LogP contribution in [0.1, 0.15) is 0 Å². The zero-order valence-electron chi connectivity index (χ0n) is 1.45. The van der Waals surface area contributed by atoms with Gasteiger partial charge in [-0.15, -0.1) is 0 Å². The van der Waals surface area contributed by atoms with Crippen LogP contribution in [0.2, 0.25) is 0 Å². The third-order valence-corrected chi connectivity index (χ3v) is 0. The average molecular weight is 487 g/mol. The Hall–Kier alpha value is 2.85. The molecule has 4 heavy (non-hydrogen) atoms. The molecule has 0 aromatic rings. The fraction of sp³-hybridized carbons (Fsp3) is 0. The smallest absolute Gasteiger partial charge is 0 e. The molecule has 0 saturated heterocycles. The van der Waals surface area contributed by atoms with Crippen LogP contribution in [-0.2, 0) is 20.4 Å². The maximum absolute atomic E-state index is 0. The van der Waals surface area contributed by atoms with E-state index in [-0.39, 0.29) is 92.4 Å². The third-order valence-electron chi connectivity index (χ3n) is 0. The Morgan fingerprint density at radius 1 is 0.500 bits per heavy atom. The van der Waals surface area contributed by atoms with Gasteiger partial charge in [0, 0.05) is 20.4 Å². The van der Waals surface area contributed by atoms with Gasteiger partial charge in [0.25, 0.3) is 0 Å². The van der Waals surface area contributed by atoms with Crippen molar-refractivity contribution in [1.82, 2.24) is 0 Å². The maximum atomic E-state index is 0. The van der Waals surface area contributed by atoms with Crippen LogP contribution < -0.4 is 71.9 Å². The quantitative estimate of drug-likeness (QED) is 0.236. The summed E-state index contributed by atoms with van der Waals surface area (Å²) in [5, 5.41) is 0. The van der Waals surface area contributed by atoms with Crippen molar-refractivity contribution in [3.8, 4) is 0 Å². The molecule has 0 fully saturated rings. The van der Waals surface area contributed by atoms with Crippen molar-refractivity contribution >= 4 is 0 Å². The Bertz CT molecular complexity index is 3.25. The van der Waals surface area contributed by atoms with Crippen LogP contribution in [0.5, 0.6) is 0 Å². The van der Waals surface area contributed by atoms with E-state index in [1.807, 2.05) is 0 Å². The first kappa shape index (κ1) is 28.8. The van der Waals surface area contributed by atoms with Crippen molar-refractivity contribution in [3.05, 3.63) is 0 Å². The fourth-order valence-electron chi connectivity index (χ4n) is 0. The van der Waals surface area contributed by atoms with Gasteiger partial charge in [0.05, 0.1) is 0 Å². The van der Waals surface area contributed by atoms with Crippen molar-refractivity contribution < 1.29 is 92.4 Å². The van der Waals surface area contributed by atoms with Gasteiger partial charge in [-0.25, -0.2) is 0 Å². The van der Waals surface area contributed by atoms with Crippen LogP contribution in [0.4, 0.5) is 0 Å². The Balaban J connectivity index is 0. The average Bonchev–Trinajstić information content (AvgIpc) is 0. The number of rotatable bonds is 0. The minimum Gasteiger partial charge on any atom is -1.00 e. The molecule has 0 spiro atoms. The predicted octanol–water partition coefficient (Wildman–Crippen LogP) is -8.99. The maximum Gasteiger partial charge on any atom is 0 e. The molecule has 0 N–H and O–H groups in total. The normalized spacial score (nSPS) is 0. The van der Waals surface area contributed by atoms with Gasteiger partial charge in [0.1, 0.15) is 0 Å². The molecule has 4 heteroatoms. The fourth-order valence-corrected chi connectivity index (χ4v) is 0. The van der Waals surface area contributed by atoms with E-state index in [2.05, 4.69) is 0 Å². The number of halogens is 3. The van der Waals surface area contributed by atoms with Crippen LogP contribution in [0.3, 0.4) is 0 Å². The summed E-state index contributed by atoms with van der Waals surface area (Å²) in [7, 11) is 0. The Kier molecular flexibility index (Phi) is 122. The minimum atomic E-state index is 0. The minimum absolute atomic E-state index is 0. The Morgan fingerprint density at radius 2 is 0.500 bits per heavy atom. The second kappa shape index (κ2) is 16.9. The van der Waals surface area contributed by atoms with Gasteiger partial charge in [-0.3, -0.25) is 0 Å². The molecule has 0 aliphatic carbocycles. The molecular weight excluding hydrogens is 487 g/mol. The molecule has 0 unspecified atom stereocenters. The molecule has 0 bridgehead atoms. The van der Waals surface area contributed by atoms with Crippen LogP contribution >= 0.6 is 0 Å². The van der Waals surface area contributed by atoms with E-state index in [1.54, 1.807) is 0 Å². The standard InChI is InChI=1S/3HI.Pd/h3*1H;/p-3. The molecule has 0 aliphatic heterocycles. The van der Waals surface area contributed by atoms with E-state index in [4.69, 9.17) is 0 Å². The summed E-state index contributed by atoms with van der Waals surface area (Å²) in [5.41, 5.74) is 0. The van der Waals surface area contributed by atoms with Gasteiger partial charge >= 0.3 is 0 Å². The second-order valence-corrected chi connectivity index (χ2v) is 0. The molecule has 0 heterocycles. The summed E-state index contributed by atoms with van der Waals surface area (Å²) < 4.78 is 0. The molecule has 0 aromatic carbocycles. The summed E-state index contributed by atoms with van der Waals surface area (Å²) in [6.45, 7) is 0. The molecule has 0 atom stereocenters. The predicted molar refractivity (Wildman–Crippen MR) is 0 cm³/mol. The van der Waals surface area contributed by atoms with Crippen molar-refractivity contribution in [3.63, 3.8) is 0 Å². The van der Waals surface area contributed by atoms with E-state index in [1.165, 1.54) is 0 Å². The van der Waals surface area contributed by atoms with E-state index < -0.39 is 0 Å². The van der Waals surface area contributed by atoms with Gasteiger partial charge in [0.2, 0.25) is 0 Å². The first-order chi connectivity index (χ1) is 0. The zero-order valence-corrected chi connectivity index (χ0v) is 9.48. The molecule has 0 aromatic heterocycles. The van der Waals surface area contributed by atoms with Crippen molar-refractivity contribution in [2.75, 3.05) is 0 Å². The molecule has 0 radical (unpaired) electrons. The van der Waals surface area contributed by atoms with Crippen LogP contribution in [-0.4, -0.2) is 0 Å².